The lowest BCUT2D eigenvalue weighted by Gasteiger charge is -2.49. The Kier molecular flexibility index (Phi) is 7.75. The van der Waals surface area contributed by atoms with Gasteiger partial charge in [0.1, 0.15) is 29.4 Å². The van der Waals surface area contributed by atoms with Gasteiger partial charge in [-0.15, -0.1) is 34.7 Å². The average Bonchev–Trinajstić information content (AvgIpc) is 3.18. The third-order valence-electron chi connectivity index (χ3n) is 4.43. The average molecular weight is 489 g/mol. The minimum Gasteiger partial charge on any atom is -0.477 e. The molecule has 0 saturated carbocycles. The summed E-state index contributed by atoms with van der Waals surface area (Å²) < 4.78 is 0. The number of amides is 2. The van der Waals surface area contributed by atoms with Gasteiger partial charge in [-0.1, -0.05) is 12.1 Å². The van der Waals surface area contributed by atoms with Crippen molar-refractivity contribution in [3.63, 3.8) is 0 Å². The number of nitrogens with one attached hydrogen (secondary N) is 2. The standard InChI is InChI=1S/C17H21ClN6O5S2/c1-2-20-5-8-6-30-15-11(14(26)24(15)12(8)16(27)28)22-13(25)10(23-29-4-3-18)9-7-31-17(19)21-9/h7,11,15,20H,2-6H2,1H3,(H2,19,21)(H,22,25)(H,27,28)/b23-10-/t11?,15-/m1/s1. The molecule has 2 atom stereocenters. The Balaban J connectivity index is 1.77. The summed E-state index contributed by atoms with van der Waals surface area (Å²) in [5.74, 6) is -1.76. The van der Waals surface area contributed by atoms with Gasteiger partial charge in [0, 0.05) is 17.7 Å². The number of thioether (sulfide) groups is 1. The molecule has 3 rings (SSSR count). The van der Waals surface area contributed by atoms with Crippen molar-refractivity contribution < 1.29 is 24.3 Å². The molecule has 14 heteroatoms. The monoisotopic (exact) mass is 488 g/mol. The first-order valence-electron chi connectivity index (χ1n) is 9.27. The van der Waals surface area contributed by atoms with Gasteiger partial charge in [-0.2, -0.15) is 0 Å². The summed E-state index contributed by atoms with van der Waals surface area (Å²) in [6.07, 6.45) is 0. The molecule has 1 unspecified atom stereocenters. The summed E-state index contributed by atoms with van der Waals surface area (Å²) in [5.41, 5.74) is 6.29. The quantitative estimate of drug-likeness (QED) is 0.117. The van der Waals surface area contributed by atoms with E-state index in [1.165, 1.54) is 16.7 Å². The van der Waals surface area contributed by atoms with Crippen LogP contribution in [0.4, 0.5) is 5.13 Å². The van der Waals surface area contributed by atoms with Gasteiger partial charge in [0.15, 0.2) is 10.8 Å². The second kappa shape index (κ2) is 10.3. The number of nitrogens with zero attached hydrogens (tertiary/aromatic N) is 3. The number of oxime groups is 1. The number of carboxylic acids is 1. The molecule has 31 heavy (non-hydrogen) atoms. The van der Waals surface area contributed by atoms with Crippen LogP contribution < -0.4 is 16.4 Å². The number of hydrogen-bond donors (Lipinski definition) is 4. The van der Waals surface area contributed by atoms with E-state index in [1.54, 1.807) is 5.38 Å². The molecular weight excluding hydrogens is 468 g/mol. The van der Waals surface area contributed by atoms with E-state index >= 15 is 0 Å². The SMILES string of the molecule is CCNCC1=C(C(=O)O)N2C(=O)C(NC(=O)/C(=N\OCCCl)c3csc(N)n3)[C@H]2SC1. The van der Waals surface area contributed by atoms with Crippen molar-refractivity contribution in [2.24, 2.45) is 5.16 Å². The Morgan fingerprint density at radius 3 is 2.90 bits per heavy atom. The number of halogens is 1. The number of nitrogens with two attached hydrogens (primary N) is 1. The number of carboxylic acid groups (broad SMARTS) is 1. The van der Waals surface area contributed by atoms with E-state index in [9.17, 15) is 19.5 Å². The summed E-state index contributed by atoms with van der Waals surface area (Å²) >= 11 is 8.08. The van der Waals surface area contributed by atoms with Crippen LogP contribution in [0.25, 0.3) is 0 Å². The number of hydrogen-bond acceptors (Lipinski definition) is 10. The number of β-lactam (4-membered cyclic amide) rings is 1. The number of carbonyl (C=O) groups excluding carboxylic acids is 2. The first kappa shape index (κ1) is 23.3. The Bertz CT molecular complexity index is 936. The van der Waals surface area contributed by atoms with Crippen molar-refractivity contribution in [1.29, 1.82) is 0 Å². The molecule has 1 aromatic rings. The first-order valence-corrected chi connectivity index (χ1v) is 11.7. The maximum absolute atomic E-state index is 12.8. The first-order chi connectivity index (χ1) is 14.9. The molecule has 0 bridgehead atoms. The number of likely N-dealkylation sites (N-methyl/N-ethyl adjacent to an activating group) is 1. The van der Waals surface area contributed by atoms with Crippen molar-refractivity contribution in [3.05, 3.63) is 22.3 Å². The minimum atomic E-state index is -1.17. The van der Waals surface area contributed by atoms with E-state index < -0.39 is 29.2 Å². The number of aliphatic carboxylic acids is 1. The second-order valence-electron chi connectivity index (χ2n) is 6.43. The van der Waals surface area contributed by atoms with Crippen molar-refractivity contribution in [2.45, 2.75) is 18.3 Å². The molecule has 2 amide bonds. The number of thiazole rings is 1. The van der Waals surface area contributed by atoms with Crippen LogP contribution in [0.3, 0.4) is 0 Å². The maximum atomic E-state index is 12.8. The van der Waals surface area contributed by atoms with Crippen LogP contribution in [0, 0.1) is 0 Å². The molecule has 2 aliphatic rings. The number of fused-ring (bicyclic) bond motifs is 1. The van der Waals surface area contributed by atoms with E-state index in [4.69, 9.17) is 22.2 Å². The Hall–Kier alpha value is -2.35. The van der Waals surface area contributed by atoms with Crippen LogP contribution in [-0.4, -0.2) is 81.2 Å². The topological polar surface area (TPSA) is 159 Å². The van der Waals surface area contributed by atoms with Gasteiger partial charge < -0.3 is 26.3 Å². The van der Waals surface area contributed by atoms with Crippen LogP contribution in [0.5, 0.6) is 0 Å². The molecule has 0 aliphatic carbocycles. The summed E-state index contributed by atoms with van der Waals surface area (Å²) in [7, 11) is 0. The Labute approximate surface area is 191 Å². The Morgan fingerprint density at radius 1 is 1.52 bits per heavy atom. The summed E-state index contributed by atoms with van der Waals surface area (Å²) in [5, 5.41) is 20.4. The highest BCUT2D eigenvalue weighted by Crippen LogP contribution is 2.40. The summed E-state index contributed by atoms with van der Waals surface area (Å²) in [6, 6.07) is -0.901. The number of nitrogen functional groups attached to an aromatic ring is 1. The number of alkyl halides is 1. The lowest BCUT2D eigenvalue weighted by atomic mass is 10.0. The normalized spacial score (nSPS) is 20.9. The third kappa shape index (κ3) is 4.95. The summed E-state index contributed by atoms with van der Waals surface area (Å²) in [6.45, 7) is 3.03. The third-order valence-corrected chi connectivity index (χ3v) is 6.60. The molecule has 1 saturated heterocycles. The Morgan fingerprint density at radius 2 is 2.29 bits per heavy atom. The lowest BCUT2D eigenvalue weighted by Crippen LogP contribution is -2.71. The molecule has 11 nitrogen and oxygen atoms in total. The van der Waals surface area contributed by atoms with Gasteiger partial charge in [-0.25, -0.2) is 9.78 Å². The fourth-order valence-electron chi connectivity index (χ4n) is 3.05. The van der Waals surface area contributed by atoms with Crippen molar-refractivity contribution in [1.82, 2.24) is 20.5 Å². The van der Waals surface area contributed by atoms with E-state index in [-0.39, 0.29) is 34.7 Å². The fourth-order valence-corrected chi connectivity index (χ4v) is 5.01. The van der Waals surface area contributed by atoms with Gasteiger partial charge in [-0.3, -0.25) is 14.5 Å². The van der Waals surface area contributed by atoms with E-state index in [0.29, 0.717) is 24.4 Å². The van der Waals surface area contributed by atoms with Crippen molar-refractivity contribution in [2.75, 3.05) is 37.1 Å². The van der Waals surface area contributed by atoms with E-state index in [0.717, 1.165) is 11.3 Å². The fraction of sp³-hybridized carbons (Fsp3) is 0.471. The number of anilines is 1. The largest absolute Gasteiger partial charge is 0.477 e. The van der Waals surface area contributed by atoms with Crippen molar-refractivity contribution in [3.8, 4) is 0 Å². The highest BCUT2D eigenvalue weighted by atomic mass is 35.5. The van der Waals surface area contributed by atoms with Crippen LogP contribution in [0.1, 0.15) is 12.6 Å². The number of carbonyl (C=O) groups is 3. The van der Waals surface area contributed by atoms with Gasteiger partial charge in [0.2, 0.25) is 0 Å². The zero-order chi connectivity index (χ0) is 22.5. The maximum Gasteiger partial charge on any atom is 0.352 e. The zero-order valence-electron chi connectivity index (χ0n) is 16.5. The molecule has 5 N–H and O–H groups in total. The van der Waals surface area contributed by atoms with Crippen molar-refractivity contribution >= 4 is 63.3 Å². The molecule has 3 heterocycles. The molecule has 1 fully saturated rings. The molecule has 2 aliphatic heterocycles. The van der Waals surface area contributed by atoms with Crippen LogP contribution in [0.2, 0.25) is 0 Å². The molecule has 0 spiro atoms. The van der Waals surface area contributed by atoms with Gasteiger partial charge in [0.25, 0.3) is 11.8 Å². The molecule has 1 aromatic heterocycles. The highest BCUT2D eigenvalue weighted by Gasteiger charge is 2.54. The molecule has 0 radical (unpaired) electrons. The number of aromatic nitrogens is 1. The minimum absolute atomic E-state index is 0.0354. The predicted octanol–water partition coefficient (Wildman–Crippen LogP) is 0.0329. The van der Waals surface area contributed by atoms with Crippen LogP contribution >= 0.6 is 34.7 Å². The van der Waals surface area contributed by atoms with Gasteiger partial charge in [-0.05, 0) is 12.1 Å². The number of rotatable bonds is 10. The highest BCUT2D eigenvalue weighted by molar-refractivity contribution is 8.00. The van der Waals surface area contributed by atoms with Gasteiger partial charge >= 0.3 is 5.97 Å². The zero-order valence-corrected chi connectivity index (χ0v) is 18.9. The van der Waals surface area contributed by atoms with Crippen LogP contribution in [0.15, 0.2) is 21.8 Å². The smallest absolute Gasteiger partial charge is 0.352 e. The van der Waals surface area contributed by atoms with Gasteiger partial charge in [0.05, 0.1) is 5.88 Å². The summed E-state index contributed by atoms with van der Waals surface area (Å²) in [4.78, 5) is 47.7. The lowest BCUT2D eigenvalue weighted by molar-refractivity contribution is -0.150. The molecule has 168 valence electrons. The van der Waals surface area contributed by atoms with Crippen LogP contribution in [-0.2, 0) is 19.2 Å². The molecular formula is C17H21ClN6O5S2. The second-order valence-corrected chi connectivity index (χ2v) is 8.80. The predicted molar refractivity (Wildman–Crippen MR) is 118 cm³/mol. The van der Waals surface area contributed by atoms with E-state index in [2.05, 4.69) is 20.8 Å². The molecule has 0 aromatic carbocycles. The van der Waals surface area contributed by atoms with E-state index in [1.807, 2.05) is 6.92 Å².